The van der Waals surface area contributed by atoms with Crippen molar-refractivity contribution in [1.82, 2.24) is 9.80 Å². The van der Waals surface area contributed by atoms with Gasteiger partial charge in [0.1, 0.15) is 6.61 Å². The summed E-state index contributed by atoms with van der Waals surface area (Å²) in [6, 6.07) is 13.0. The van der Waals surface area contributed by atoms with Gasteiger partial charge in [0.25, 0.3) is 5.91 Å². The molecule has 0 bridgehead atoms. The fourth-order valence-electron chi connectivity index (χ4n) is 4.36. The molecule has 0 saturated carbocycles. The van der Waals surface area contributed by atoms with Crippen molar-refractivity contribution >= 4 is 34.9 Å². The van der Waals surface area contributed by atoms with E-state index in [1.807, 2.05) is 56.0 Å². The van der Waals surface area contributed by atoms with E-state index < -0.39 is 0 Å². The minimum atomic E-state index is -0.281. The third-order valence-corrected chi connectivity index (χ3v) is 6.23. The Morgan fingerprint density at radius 1 is 0.944 bits per heavy atom. The number of amides is 4. The molecule has 0 aliphatic carbocycles. The molecular formula is C27H37N5O4. The summed E-state index contributed by atoms with van der Waals surface area (Å²) in [7, 11) is 1.46. The van der Waals surface area contributed by atoms with Gasteiger partial charge in [0.05, 0.1) is 5.56 Å². The largest absolute Gasteiger partial charge is 0.375 e. The maximum Gasteiger partial charge on any atom is 0.321 e. The summed E-state index contributed by atoms with van der Waals surface area (Å²) in [6.45, 7) is 9.45. The monoisotopic (exact) mass is 495 g/mol. The van der Waals surface area contributed by atoms with Crippen LogP contribution in [0.5, 0.6) is 0 Å². The smallest absolute Gasteiger partial charge is 0.321 e. The fourth-order valence-corrected chi connectivity index (χ4v) is 4.36. The van der Waals surface area contributed by atoms with Crippen LogP contribution >= 0.6 is 0 Å². The summed E-state index contributed by atoms with van der Waals surface area (Å²) in [5.41, 5.74) is 3.75. The lowest BCUT2D eigenvalue weighted by molar-refractivity contribution is -0.119. The lowest BCUT2D eigenvalue weighted by atomic mass is 10.1. The van der Waals surface area contributed by atoms with Crippen LogP contribution in [0.1, 0.15) is 36.2 Å². The molecule has 1 aliphatic rings. The predicted octanol–water partition coefficient (Wildman–Crippen LogP) is 3.81. The number of urea groups is 1. The Hall–Kier alpha value is -3.59. The Morgan fingerprint density at radius 2 is 1.69 bits per heavy atom. The van der Waals surface area contributed by atoms with E-state index in [9.17, 15) is 14.4 Å². The number of ether oxygens (including phenoxy) is 1. The molecule has 1 fully saturated rings. The lowest BCUT2D eigenvalue weighted by Crippen LogP contribution is -2.38. The van der Waals surface area contributed by atoms with E-state index in [1.165, 1.54) is 7.11 Å². The number of aryl methyl sites for hydroxylation is 1. The SMILES string of the molecule is CCN(CC)C(=O)c1cc(NC(=O)COC)ccc1N1CCCN(C(=O)Nc2cccc(C)c2)CC1. The molecule has 3 rings (SSSR count). The first-order valence-corrected chi connectivity index (χ1v) is 12.5. The molecule has 4 amide bonds. The molecular weight excluding hydrogens is 458 g/mol. The third-order valence-electron chi connectivity index (χ3n) is 6.23. The molecule has 36 heavy (non-hydrogen) atoms. The number of carbonyl (C=O) groups is 3. The molecule has 0 spiro atoms. The van der Waals surface area contributed by atoms with Crippen LogP contribution in [-0.2, 0) is 9.53 Å². The Kier molecular flexibility index (Phi) is 9.69. The Balaban J connectivity index is 1.79. The van der Waals surface area contributed by atoms with E-state index >= 15 is 0 Å². The molecule has 2 aromatic carbocycles. The van der Waals surface area contributed by atoms with Crippen LogP contribution in [0.2, 0.25) is 0 Å². The zero-order chi connectivity index (χ0) is 26.1. The van der Waals surface area contributed by atoms with E-state index in [2.05, 4.69) is 15.5 Å². The maximum absolute atomic E-state index is 13.4. The van der Waals surface area contributed by atoms with Crippen molar-refractivity contribution in [1.29, 1.82) is 0 Å². The van der Waals surface area contributed by atoms with E-state index in [4.69, 9.17) is 4.74 Å². The molecule has 0 unspecified atom stereocenters. The zero-order valence-corrected chi connectivity index (χ0v) is 21.7. The molecule has 9 nitrogen and oxygen atoms in total. The Labute approximate surface area is 213 Å². The number of carbonyl (C=O) groups excluding carboxylic acids is 3. The van der Waals surface area contributed by atoms with Gasteiger partial charge < -0.3 is 30.1 Å². The first-order chi connectivity index (χ1) is 17.4. The number of nitrogens with zero attached hydrogens (tertiary/aromatic N) is 3. The van der Waals surface area contributed by atoms with Gasteiger partial charge in [-0.05, 0) is 63.1 Å². The first kappa shape index (κ1) is 27.0. The zero-order valence-electron chi connectivity index (χ0n) is 21.7. The van der Waals surface area contributed by atoms with Gasteiger partial charge in [0.2, 0.25) is 5.91 Å². The van der Waals surface area contributed by atoms with E-state index in [-0.39, 0.29) is 24.5 Å². The van der Waals surface area contributed by atoms with E-state index in [1.54, 1.807) is 17.0 Å². The predicted molar refractivity (Wildman–Crippen MR) is 143 cm³/mol. The highest BCUT2D eigenvalue weighted by Gasteiger charge is 2.24. The number of anilines is 3. The van der Waals surface area contributed by atoms with Crippen LogP contribution in [-0.4, -0.2) is 80.6 Å². The van der Waals surface area contributed by atoms with Gasteiger partial charge in [-0.1, -0.05) is 12.1 Å². The van der Waals surface area contributed by atoms with Crippen LogP contribution in [0, 0.1) is 6.92 Å². The Bertz CT molecular complexity index is 1070. The second-order valence-electron chi connectivity index (χ2n) is 8.82. The molecule has 9 heteroatoms. The minimum Gasteiger partial charge on any atom is -0.375 e. The van der Waals surface area contributed by atoms with Crippen LogP contribution in [0.3, 0.4) is 0 Å². The molecule has 1 aliphatic heterocycles. The molecule has 1 saturated heterocycles. The van der Waals surface area contributed by atoms with Gasteiger partial charge in [-0.2, -0.15) is 0 Å². The number of methoxy groups -OCH3 is 1. The standard InChI is InChI=1S/C27H37N5O4/c1-5-30(6-2)26(34)23-18-22(28-25(33)19-36-4)11-12-24(23)31-13-8-14-32(16-15-31)27(35)29-21-10-7-9-20(3)17-21/h7,9-12,17-18H,5-6,8,13-16,19H2,1-4H3,(H,28,33)(H,29,35). The molecule has 2 N–H and O–H groups in total. The summed E-state index contributed by atoms with van der Waals surface area (Å²) in [4.78, 5) is 44.1. The molecule has 0 radical (unpaired) electrons. The normalized spacial score (nSPS) is 13.7. The summed E-state index contributed by atoms with van der Waals surface area (Å²) in [5.74, 6) is -0.368. The van der Waals surface area contributed by atoms with Gasteiger partial charge in [-0.25, -0.2) is 4.79 Å². The number of hydrogen-bond acceptors (Lipinski definition) is 5. The molecule has 194 valence electrons. The van der Waals surface area contributed by atoms with Crippen LogP contribution in [0.4, 0.5) is 21.9 Å². The summed E-state index contributed by atoms with van der Waals surface area (Å²) in [5, 5.41) is 5.78. The van der Waals surface area contributed by atoms with E-state index in [0.717, 1.165) is 23.4 Å². The average Bonchev–Trinajstić information content (AvgIpc) is 3.11. The van der Waals surface area contributed by atoms with Crippen molar-refractivity contribution in [2.75, 3.05) is 68.5 Å². The quantitative estimate of drug-likeness (QED) is 0.581. The van der Waals surface area contributed by atoms with Crippen LogP contribution < -0.4 is 15.5 Å². The lowest BCUT2D eigenvalue weighted by Gasteiger charge is -2.28. The van der Waals surface area contributed by atoms with Gasteiger partial charge in [-0.3, -0.25) is 9.59 Å². The minimum absolute atomic E-state index is 0.0619. The van der Waals surface area contributed by atoms with Crippen LogP contribution in [0.25, 0.3) is 0 Å². The highest BCUT2D eigenvalue weighted by molar-refractivity contribution is 6.02. The topological polar surface area (TPSA) is 94.2 Å². The van der Waals surface area contributed by atoms with Crippen molar-refractivity contribution in [3.63, 3.8) is 0 Å². The number of rotatable bonds is 8. The maximum atomic E-state index is 13.4. The third kappa shape index (κ3) is 6.97. The number of nitrogens with one attached hydrogen (secondary N) is 2. The van der Waals surface area contributed by atoms with Gasteiger partial charge in [0.15, 0.2) is 0 Å². The van der Waals surface area contributed by atoms with Gasteiger partial charge >= 0.3 is 6.03 Å². The number of benzene rings is 2. The molecule has 0 atom stereocenters. The van der Waals surface area contributed by atoms with Crippen molar-refractivity contribution in [2.45, 2.75) is 27.2 Å². The highest BCUT2D eigenvalue weighted by atomic mass is 16.5. The fraction of sp³-hybridized carbons (Fsp3) is 0.444. The van der Waals surface area contributed by atoms with Crippen molar-refractivity contribution in [2.24, 2.45) is 0 Å². The van der Waals surface area contributed by atoms with Gasteiger partial charge in [0, 0.05) is 63.4 Å². The molecule has 2 aromatic rings. The average molecular weight is 496 g/mol. The van der Waals surface area contributed by atoms with E-state index in [0.29, 0.717) is 50.5 Å². The van der Waals surface area contributed by atoms with Gasteiger partial charge in [-0.15, -0.1) is 0 Å². The molecule has 1 heterocycles. The summed E-state index contributed by atoms with van der Waals surface area (Å²) in [6.07, 6.45) is 0.770. The summed E-state index contributed by atoms with van der Waals surface area (Å²) < 4.78 is 4.90. The summed E-state index contributed by atoms with van der Waals surface area (Å²) >= 11 is 0. The second kappa shape index (κ2) is 12.9. The number of hydrogen-bond donors (Lipinski definition) is 2. The van der Waals surface area contributed by atoms with Crippen molar-refractivity contribution < 1.29 is 19.1 Å². The first-order valence-electron chi connectivity index (χ1n) is 12.5. The second-order valence-corrected chi connectivity index (χ2v) is 8.82. The van der Waals surface area contributed by atoms with Crippen LogP contribution in [0.15, 0.2) is 42.5 Å². The highest BCUT2D eigenvalue weighted by Crippen LogP contribution is 2.27. The van der Waals surface area contributed by atoms with Crippen molar-refractivity contribution in [3.05, 3.63) is 53.6 Å². The van der Waals surface area contributed by atoms with Crippen molar-refractivity contribution in [3.8, 4) is 0 Å². The Morgan fingerprint density at radius 3 is 2.39 bits per heavy atom. The molecule has 0 aromatic heterocycles.